The van der Waals surface area contributed by atoms with Crippen molar-refractivity contribution in [3.8, 4) is 0 Å². The maximum Gasteiger partial charge on any atom is 0.123 e. The number of anilines is 1. The lowest BCUT2D eigenvalue weighted by atomic mass is 10.0. The second-order valence-electron chi connectivity index (χ2n) is 3.87. The van der Waals surface area contributed by atoms with Gasteiger partial charge in [0.1, 0.15) is 5.82 Å². The van der Waals surface area contributed by atoms with Crippen molar-refractivity contribution in [1.82, 2.24) is 10.3 Å². The Hall–Kier alpha value is -1.13. The van der Waals surface area contributed by atoms with E-state index in [2.05, 4.69) is 17.2 Å². The molecule has 2 atom stereocenters. The van der Waals surface area contributed by atoms with E-state index >= 15 is 0 Å². The van der Waals surface area contributed by atoms with Gasteiger partial charge in [0.2, 0.25) is 0 Å². The fraction of sp³-hybridized carbons (Fsp3) is 0.583. The van der Waals surface area contributed by atoms with Gasteiger partial charge in [-0.1, -0.05) is 6.92 Å². The molecule has 4 nitrogen and oxygen atoms in total. The van der Waals surface area contributed by atoms with Crippen LogP contribution in [0.2, 0.25) is 0 Å². The highest BCUT2D eigenvalue weighted by Crippen LogP contribution is 2.11. The molecule has 1 aromatic heterocycles. The summed E-state index contributed by atoms with van der Waals surface area (Å²) in [5.41, 5.74) is 6.84. The van der Waals surface area contributed by atoms with E-state index < -0.39 is 0 Å². The number of nitrogens with zero attached hydrogens (tertiary/aromatic N) is 1. The maximum atomic E-state index is 5.65. The Bertz CT molecular complexity index is 313. The molecule has 0 amide bonds. The van der Waals surface area contributed by atoms with Gasteiger partial charge in [0.05, 0.1) is 6.10 Å². The lowest BCUT2D eigenvalue weighted by Gasteiger charge is -2.24. The highest BCUT2D eigenvalue weighted by atomic mass is 16.5. The van der Waals surface area contributed by atoms with Gasteiger partial charge in [-0.2, -0.15) is 0 Å². The molecule has 90 valence electrons. The number of ether oxygens (including phenoxy) is 1. The van der Waals surface area contributed by atoms with Crippen molar-refractivity contribution in [1.29, 1.82) is 0 Å². The van der Waals surface area contributed by atoms with Crippen molar-refractivity contribution in [2.45, 2.75) is 31.9 Å². The Morgan fingerprint density at radius 2 is 2.31 bits per heavy atom. The van der Waals surface area contributed by atoms with Crippen LogP contribution in [0.15, 0.2) is 18.3 Å². The summed E-state index contributed by atoms with van der Waals surface area (Å²) in [4.78, 5) is 3.98. The summed E-state index contributed by atoms with van der Waals surface area (Å²) in [6.07, 6.45) is 3.85. The van der Waals surface area contributed by atoms with Crippen molar-refractivity contribution in [3.63, 3.8) is 0 Å². The zero-order valence-electron chi connectivity index (χ0n) is 10.2. The number of methoxy groups -OCH3 is 1. The molecule has 1 aromatic rings. The van der Waals surface area contributed by atoms with Crippen LogP contribution in [0.4, 0.5) is 5.82 Å². The van der Waals surface area contributed by atoms with Gasteiger partial charge in [-0.05, 0) is 37.6 Å². The summed E-state index contributed by atoms with van der Waals surface area (Å²) in [7, 11) is 3.70. The van der Waals surface area contributed by atoms with Crippen LogP contribution in [0.3, 0.4) is 0 Å². The predicted octanol–water partition coefficient (Wildman–Crippen LogP) is 1.22. The molecule has 0 aromatic carbocycles. The van der Waals surface area contributed by atoms with Gasteiger partial charge < -0.3 is 15.8 Å². The second-order valence-corrected chi connectivity index (χ2v) is 3.87. The number of aromatic nitrogens is 1. The van der Waals surface area contributed by atoms with Crippen LogP contribution in [-0.2, 0) is 11.2 Å². The molecule has 0 aliphatic heterocycles. The summed E-state index contributed by atoms with van der Waals surface area (Å²) < 4.78 is 5.45. The van der Waals surface area contributed by atoms with Crippen molar-refractivity contribution >= 4 is 5.82 Å². The number of rotatable bonds is 6. The number of pyridine rings is 1. The third-order valence-electron chi connectivity index (χ3n) is 2.83. The molecule has 16 heavy (non-hydrogen) atoms. The van der Waals surface area contributed by atoms with Crippen molar-refractivity contribution in [3.05, 3.63) is 23.9 Å². The van der Waals surface area contributed by atoms with Gasteiger partial charge in [-0.25, -0.2) is 4.98 Å². The first-order valence-electron chi connectivity index (χ1n) is 5.61. The topological polar surface area (TPSA) is 60.2 Å². The average Bonchev–Trinajstić information content (AvgIpc) is 2.29. The second kappa shape index (κ2) is 6.45. The van der Waals surface area contributed by atoms with E-state index in [1.807, 2.05) is 19.2 Å². The summed E-state index contributed by atoms with van der Waals surface area (Å²) in [6.45, 7) is 2.12. The molecule has 0 fully saturated rings. The molecule has 0 radical (unpaired) electrons. The molecule has 0 spiro atoms. The molecule has 0 saturated carbocycles. The number of nitrogen functional groups attached to an aromatic ring is 1. The van der Waals surface area contributed by atoms with Crippen LogP contribution in [0, 0.1) is 0 Å². The van der Waals surface area contributed by atoms with Crippen LogP contribution < -0.4 is 11.1 Å². The molecule has 4 heteroatoms. The zero-order valence-corrected chi connectivity index (χ0v) is 10.2. The van der Waals surface area contributed by atoms with E-state index in [1.54, 1.807) is 13.3 Å². The minimum atomic E-state index is 0.222. The maximum absolute atomic E-state index is 5.65. The smallest absolute Gasteiger partial charge is 0.123 e. The zero-order chi connectivity index (χ0) is 12.0. The Labute approximate surface area is 97.2 Å². The minimum Gasteiger partial charge on any atom is -0.384 e. The molecule has 0 bridgehead atoms. The Kier molecular flexibility index (Phi) is 5.22. The minimum absolute atomic E-state index is 0.222. The van der Waals surface area contributed by atoms with E-state index in [9.17, 15) is 0 Å². The van der Waals surface area contributed by atoms with Gasteiger partial charge >= 0.3 is 0 Å². The van der Waals surface area contributed by atoms with Crippen molar-refractivity contribution < 1.29 is 4.74 Å². The highest BCUT2D eigenvalue weighted by Gasteiger charge is 2.18. The molecule has 1 rings (SSSR count). The van der Waals surface area contributed by atoms with E-state index in [-0.39, 0.29) is 6.10 Å². The standard InChI is InChI=1S/C12H21N3O/c1-4-11(16-3)10(14-2)7-9-5-6-15-12(13)8-9/h5-6,8,10-11,14H,4,7H2,1-3H3,(H2,13,15). The number of hydrogen-bond acceptors (Lipinski definition) is 4. The fourth-order valence-corrected chi connectivity index (χ4v) is 1.91. The SMILES string of the molecule is CCC(OC)C(Cc1ccnc(N)c1)NC. The first-order chi connectivity index (χ1) is 7.71. The lowest BCUT2D eigenvalue weighted by Crippen LogP contribution is -2.40. The van der Waals surface area contributed by atoms with Crippen LogP contribution in [-0.4, -0.2) is 31.3 Å². The van der Waals surface area contributed by atoms with E-state index in [0.717, 1.165) is 12.8 Å². The molecule has 0 saturated heterocycles. The van der Waals surface area contributed by atoms with E-state index in [0.29, 0.717) is 11.9 Å². The summed E-state index contributed by atoms with van der Waals surface area (Å²) in [5, 5.41) is 3.29. The number of nitrogens with two attached hydrogens (primary N) is 1. The van der Waals surface area contributed by atoms with Gasteiger partial charge in [-0.3, -0.25) is 0 Å². The molecule has 3 N–H and O–H groups in total. The summed E-state index contributed by atoms with van der Waals surface area (Å²) >= 11 is 0. The highest BCUT2D eigenvalue weighted by molar-refractivity contribution is 5.32. The molecule has 0 aliphatic rings. The lowest BCUT2D eigenvalue weighted by molar-refractivity contribution is 0.0678. The van der Waals surface area contributed by atoms with Crippen LogP contribution >= 0.6 is 0 Å². The third kappa shape index (κ3) is 3.47. The largest absolute Gasteiger partial charge is 0.384 e. The van der Waals surface area contributed by atoms with Gasteiger partial charge in [0, 0.05) is 19.3 Å². The van der Waals surface area contributed by atoms with E-state index in [1.165, 1.54) is 5.56 Å². The Balaban J connectivity index is 2.69. The fourth-order valence-electron chi connectivity index (χ4n) is 1.91. The van der Waals surface area contributed by atoms with Gasteiger partial charge in [0.25, 0.3) is 0 Å². The molecular formula is C12H21N3O. The van der Waals surface area contributed by atoms with Crippen LogP contribution in [0.1, 0.15) is 18.9 Å². The summed E-state index contributed by atoms with van der Waals surface area (Å²) in [5.74, 6) is 0.567. The number of nitrogens with one attached hydrogen (secondary N) is 1. The van der Waals surface area contributed by atoms with Crippen molar-refractivity contribution in [2.75, 3.05) is 19.9 Å². The molecule has 0 aliphatic carbocycles. The average molecular weight is 223 g/mol. The Morgan fingerprint density at radius 3 is 2.81 bits per heavy atom. The Morgan fingerprint density at radius 1 is 1.56 bits per heavy atom. The normalized spacial score (nSPS) is 14.7. The quantitative estimate of drug-likeness (QED) is 0.761. The first-order valence-corrected chi connectivity index (χ1v) is 5.61. The van der Waals surface area contributed by atoms with Gasteiger partial charge in [-0.15, -0.1) is 0 Å². The summed E-state index contributed by atoms with van der Waals surface area (Å²) in [6, 6.07) is 4.20. The van der Waals surface area contributed by atoms with Crippen LogP contribution in [0.5, 0.6) is 0 Å². The first kappa shape index (κ1) is 12.9. The number of likely N-dealkylation sites (N-methyl/N-ethyl adjacent to an activating group) is 1. The molecule has 2 unspecified atom stereocenters. The molecule has 1 heterocycles. The van der Waals surface area contributed by atoms with Gasteiger partial charge in [0.15, 0.2) is 0 Å². The number of hydrogen-bond donors (Lipinski definition) is 2. The van der Waals surface area contributed by atoms with Crippen molar-refractivity contribution in [2.24, 2.45) is 0 Å². The van der Waals surface area contributed by atoms with Crippen LogP contribution in [0.25, 0.3) is 0 Å². The monoisotopic (exact) mass is 223 g/mol. The molecular weight excluding hydrogens is 202 g/mol. The predicted molar refractivity (Wildman–Crippen MR) is 66.3 cm³/mol. The third-order valence-corrected chi connectivity index (χ3v) is 2.83. The van der Waals surface area contributed by atoms with E-state index in [4.69, 9.17) is 10.5 Å².